The number of urea groups is 1. The van der Waals surface area contributed by atoms with Crippen molar-refractivity contribution in [3.05, 3.63) is 100 Å². The Hall–Kier alpha value is -5.22. The zero-order valence-electron chi connectivity index (χ0n) is 24.3. The molecule has 1 aliphatic carbocycles. The Morgan fingerprint density at radius 1 is 1.02 bits per heavy atom. The molecule has 0 saturated carbocycles. The number of benzene rings is 3. The monoisotopic (exact) mass is 647 g/mol. The number of carboxylic acid groups (broad SMARTS) is 1. The number of carbonyl (C=O) groups is 3. The average molecular weight is 648 g/mol. The minimum Gasteiger partial charge on any atom is -0.481 e. The number of nitriles is 1. The maximum absolute atomic E-state index is 13.4. The van der Waals surface area contributed by atoms with Gasteiger partial charge in [0.05, 0.1) is 39.9 Å². The molecule has 3 aromatic carbocycles. The van der Waals surface area contributed by atoms with Crippen molar-refractivity contribution in [2.75, 3.05) is 11.9 Å². The van der Waals surface area contributed by atoms with Gasteiger partial charge < -0.3 is 15.7 Å². The summed E-state index contributed by atoms with van der Waals surface area (Å²) in [6.07, 6.45) is 1.58. The molecule has 1 unspecified atom stereocenters. The van der Waals surface area contributed by atoms with Gasteiger partial charge in [-0.3, -0.25) is 14.9 Å². The van der Waals surface area contributed by atoms with E-state index in [0.29, 0.717) is 15.8 Å². The number of alkyl halides is 3. The van der Waals surface area contributed by atoms with E-state index in [1.165, 1.54) is 5.57 Å². The number of allylic oxidation sites excluding steroid dienone is 2. The van der Waals surface area contributed by atoms with E-state index in [4.69, 9.17) is 5.11 Å². The highest BCUT2D eigenvalue weighted by atomic mass is 32.1. The van der Waals surface area contributed by atoms with Gasteiger partial charge in [0.2, 0.25) is 0 Å². The quantitative estimate of drug-likeness (QED) is 0.151. The van der Waals surface area contributed by atoms with Crippen LogP contribution in [0.15, 0.2) is 66.7 Å². The van der Waals surface area contributed by atoms with Crippen molar-refractivity contribution in [1.29, 1.82) is 5.26 Å². The van der Waals surface area contributed by atoms with Crippen molar-refractivity contribution >= 4 is 50.2 Å². The van der Waals surface area contributed by atoms with Crippen molar-refractivity contribution in [2.45, 2.75) is 44.3 Å². The number of anilines is 1. The molecular weight excluding hydrogens is 619 g/mol. The van der Waals surface area contributed by atoms with Crippen molar-refractivity contribution < 1.29 is 32.7 Å². The van der Waals surface area contributed by atoms with Gasteiger partial charge in [0.25, 0.3) is 5.91 Å². The lowest BCUT2D eigenvalue weighted by Crippen LogP contribution is -2.33. The van der Waals surface area contributed by atoms with Crippen LogP contribution in [0.1, 0.15) is 76.3 Å². The van der Waals surface area contributed by atoms with Crippen LogP contribution in [0.4, 0.5) is 23.1 Å². The number of aromatic nitrogens is 1. The third-order valence-corrected chi connectivity index (χ3v) is 8.42. The van der Waals surface area contributed by atoms with Gasteiger partial charge >= 0.3 is 18.2 Å². The van der Waals surface area contributed by atoms with Gasteiger partial charge in [-0.15, -0.1) is 0 Å². The molecule has 3 amide bonds. The second-order valence-corrected chi connectivity index (χ2v) is 11.7. The molecular formula is C33H28F3N5O4S. The van der Waals surface area contributed by atoms with E-state index >= 15 is 0 Å². The van der Waals surface area contributed by atoms with E-state index in [2.05, 4.69) is 27.0 Å². The van der Waals surface area contributed by atoms with Crippen molar-refractivity contribution in [3.8, 4) is 6.07 Å². The predicted octanol–water partition coefficient (Wildman–Crippen LogP) is 7.26. The van der Waals surface area contributed by atoms with Crippen LogP contribution in [0.2, 0.25) is 0 Å². The number of hydrogen-bond donors (Lipinski definition) is 4. The number of nitrogens with zero attached hydrogens (tertiary/aromatic N) is 2. The molecule has 0 aliphatic heterocycles. The molecule has 46 heavy (non-hydrogen) atoms. The maximum Gasteiger partial charge on any atom is 0.417 e. The molecule has 0 bridgehead atoms. The van der Waals surface area contributed by atoms with Gasteiger partial charge in [-0.25, -0.2) is 9.78 Å². The van der Waals surface area contributed by atoms with Crippen LogP contribution in [-0.4, -0.2) is 34.5 Å². The fraction of sp³-hybridized carbons (Fsp3) is 0.242. The third kappa shape index (κ3) is 7.70. The Morgan fingerprint density at radius 3 is 2.33 bits per heavy atom. The van der Waals surface area contributed by atoms with Gasteiger partial charge in [-0.2, -0.15) is 18.4 Å². The third-order valence-electron chi connectivity index (χ3n) is 7.49. The topological polar surface area (TPSA) is 144 Å². The van der Waals surface area contributed by atoms with Crippen LogP contribution in [0, 0.1) is 11.3 Å². The lowest BCUT2D eigenvalue weighted by Gasteiger charge is -2.21. The van der Waals surface area contributed by atoms with Crippen LogP contribution in [-0.2, 0) is 11.0 Å². The molecule has 13 heteroatoms. The standard InChI is InChI=1S/C33H28F3N5O4S/c34-33(35,36)25-17-26-27(16-24(25)18-37)46-32(39-26)41-31(45)40-29(21-8-6-20(7-9-21)19-4-2-1-3-5-19)22-10-12-23(13-11-22)30(44)38-15-14-28(42)43/h4,6-13,16-17,29H,1-3,5,14-15H2,(H,38,44)(H,42,43)(H2,39,40,41,45). The normalized spacial score (nSPS) is 13.7. The molecule has 1 heterocycles. The Bertz CT molecular complexity index is 1840. The Labute approximate surface area is 265 Å². The number of thiazole rings is 1. The number of amides is 3. The van der Waals surface area contributed by atoms with Crippen molar-refractivity contribution in [2.24, 2.45) is 0 Å². The summed E-state index contributed by atoms with van der Waals surface area (Å²) < 4.78 is 40.6. The average Bonchev–Trinajstić information content (AvgIpc) is 3.44. The Morgan fingerprint density at radius 2 is 1.72 bits per heavy atom. The predicted molar refractivity (Wildman–Crippen MR) is 167 cm³/mol. The molecule has 0 radical (unpaired) electrons. The SMILES string of the molecule is N#Cc1cc2sc(NC(=O)NC(c3ccc(C(=O)NCCC(=O)O)cc3)c3ccc(C4=CCCCC4)cc3)nc2cc1C(F)(F)F. The summed E-state index contributed by atoms with van der Waals surface area (Å²) in [6.45, 7) is -0.0236. The van der Waals surface area contributed by atoms with Gasteiger partial charge in [0.1, 0.15) is 0 Å². The summed E-state index contributed by atoms with van der Waals surface area (Å²) in [5.41, 5.74) is 2.40. The molecule has 9 nitrogen and oxygen atoms in total. The van der Waals surface area contributed by atoms with Gasteiger partial charge in [0, 0.05) is 12.1 Å². The smallest absolute Gasteiger partial charge is 0.417 e. The van der Waals surface area contributed by atoms with E-state index in [9.17, 15) is 32.8 Å². The molecule has 1 atom stereocenters. The summed E-state index contributed by atoms with van der Waals surface area (Å²) in [5.74, 6) is -1.47. The number of carbonyl (C=O) groups excluding carboxylic acids is 2. The number of aliphatic carboxylic acids is 1. The van der Waals surface area contributed by atoms with Crippen molar-refractivity contribution in [3.63, 3.8) is 0 Å². The second-order valence-electron chi connectivity index (χ2n) is 10.6. The van der Waals surface area contributed by atoms with E-state index in [0.717, 1.165) is 60.3 Å². The maximum atomic E-state index is 13.4. The largest absolute Gasteiger partial charge is 0.481 e. The molecule has 0 fully saturated rings. The lowest BCUT2D eigenvalue weighted by atomic mass is 9.91. The number of halogens is 3. The highest BCUT2D eigenvalue weighted by Crippen LogP contribution is 2.37. The number of nitrogens with one attached hydrogen (secondary N) is 3. The second kappa shape index (κ2) is 13.8. The molecule has 1 aromatic heterocycles. The number of carboxylic acids is 1. The highest BCUT2D eigenvalue weighted by molar-refractivity contribution is 7.22. The van der Waals surface area contributed by atoms with Gasteiger partial charge in [0.15, 0.2) is 5.13 Å². The fourth-order valence-electron chi connectivity index (χ4n) is 5.18. The van der Waals surface area contributed by atoms with E-state index in [1.807, 2.05) is 24.3 Å². The molecule has 4 aromatic rings. The molecule has 4 N–H and O–H groups in total. The molecule has 0 spiro atoms. The van der Waals surface area contributed by atoms with E-state index < -0.39 is 41.3 Å². The molecule has 1 aliphatic rings. The molecule has 0 saturated heterocycles. The Kier molecular flexibility index (Phi) is 9.67. The van der Waals surface area contributed by atoms with Crippen LogP contribution in [0.3, 0.4) is 0 Å². The molecule has 236 valence electrons. The number of fused-ring (bicyclic) bond motifs is 1. The fourth-order valence-corrected chi connectivity index (χ4v) is 6.06. The van der Waals surface area contributed by atoms with Crippen LogP contribution in [0.5, 0.6) is 0 Å². The first-order chi connectivity index (χ1) is 22.0. The van der Waals surface area contributed by atoms with E-state index in [1.54, 1.807) is 30.3 Å². The summed E-state index contributed by atoms with van der Waals surface area (Å²) in [5, 5.41) is 26.1. The number of rotatable bonds is 9. The van der Waals surface area contributed by atoms with Crippen LogP contribution < -0.4 is 16.0 Å². The first-order valence-corrected chi connectivity index (χ1v) is 15.2. The van der Waals surface area contributed by atoms with Crippen molar-refractivity contribution in [1.82, 2.24) is 15.6 Å². The first kappa shape index (κ1) is 32.2. The van der Waals surface area contributed by atoms with E-state index in [-0.39, 0.29) is 23.6 Å². The van der Waals surface area contributed by atoms with Gasteiger partial charge in [-0.1, -0.05) is 53.8 Å². The summed E-state index contributed by atoms with van der Waals surface area (Å²) in [6, 6.07) is 16.4. The molecule has 5 rings (SSSR count). The zero-order chi connectivity index (χ0) is 32.8. The summed E-state index contributed by atoms with van der Waals surface area (Å²) in [4.78, 5) is 40.6. The zero-order valence-corrected chi connectivity index (χ0v) is 25.1. The highest BCUT2D eigenvalue weighted by Gasteiger charge is 2.34. The van der Waals surface area contributed by atoms with Crippen LogP contribution in [0.25, 0.3) is 15.8 Å². The summed E-state index contributed by atoms with van der Waals surface area (Å²) >= 11 is 0.935. The number of hydrogen-bond acceptors (Lipinski definition) is 6. The first-order valence-electron chi connectivity index (χ1n) is 14.4. The minimum atomic E-state index is -4.74. The summed E-state index contributed by atoms with van der Waals surface area (Å²) in [7, 11) is 0. The lowest BCUT2D eigenvalue weighted by molar-refractivity contribution is -0.138. The van der Waals surface area contributed by atoms with Crippen LogP contribution >= 0.6 is 11.3 Å². The van der Waals surface area contributed by atoms with Gasteiger partial charge in [-0.05, 0) is 72.2 Å². The minimum absolute atomic E-state index is 0.00648. The Balaban J connectivity index is 1.39.